The zero-order chi connectivity index (χ0) is 19.0. The van der Waals surface area contributed by atoms with Crippen molar-refractivity contribution >= 4 is 10.9 Å². The van der Waals surface area contributed by atoms with E-state index in [2.05, 4.69) is 11.4 Å². The van der Waals surface area contributed by atoms with Crippen LogP contribution in [0, 0.1) is 18.3 Å². The van der Waals surface area contributed by atoms with E-state index in [1.807, 2.05) is 31.2 Å². The van der Waals surface area contributed by atoms with E-state index in [1.54, 1.807) is 23.8 Å². The average molecular weight is 360 g/mol. The molecule has 27 heavy (non-hydrogen) atoms. The number of hydrogen-bond donors (Lipinski definition) is 1. The van der Waals surface area contributed by atoms with Gasteiger partial charge in [0.25, 0.3) is 5.56 Å². The van der Waals surface area contributed by atoms with Crippen LogP contribution in [0.1, 0.15) is 35.8 Å². The third-order valence-corrected chi connectivity index (χ3v) is 5.02. The number of fused-ring (bicyclic) bond motifs is 1. The van der Waals surface area contributed by atoms with Crippen LogP contribution in [0.2, 0.25) is 0 Å². The highest BCUT2D eigenvalue weighted by atomic mass is 16.5. The molecular formula is C21H20N4O2. The zero-order valence-corrected chi connectivity index (χ0v) is 15.3. The topological polar surface area (TPSA) is 79.9 Å². The van der Waals surface area contributed by atoms with E-state index < -0.39 is 0 Å². The number of aromatic nitrogens is 2. The molecule has 1 aliphatic rings. The maximum atomic E-state index is 13.4. The summed E-state index contributed by atoms with van der Waals surface area (Å²) < 4.78 is 6.89. The summed E-state index contributed by atoms with van der Waals surface area (Å²) in [6.07, 6.45) is 1.98. The van der Waals surface area contributed by atoms with Gasteiger partial charge in [-0.1, -0.05) is 0 Å². The molecule has 0 amide bonds. The van der Waals surface area contributed by atoms with Crippen LogP contribution in [0.15, 0.2) is 41.2 Å². The summed E-state index contributed by atoms with van der Waals surface area (Å²) in [4.78, 5) is 18.3. The van der Waals surface area contributed by atoms with Gasteiger partial charge in [0.2, 0.25) is 0 Å². The largest absolute Gasteiger partial charge is 0.497 e. The van der Waals surface area contributed by atoms with Gasteiger partial charge in [0.15, 0.2) is 0 Å². The van der Waals surface area contributed by atoms with E-state index in [-0.39, 0.29) is 11.6 Å². The van der Waals surface area contributed by atoms with Crippen LogP contribution in [0.3, 0.4) is 0 Å². The van der Waals surface area contributed by atoms with Crippen LogP contribution in [0.25, 0.3) is 16.6 Å². The number of nitrogens with one attached hydrogen (secondary N) is 1. The minimum Gasteiger partial charge on any atom is -0.497 e. The molecule has 1 N–H and O–H groups in total. The predicted octanol–water partition coefficient (Wildman–Crippen LogP) is 3.00. The minimum atomic E-state index is -0.158. The first-order valence-electron chi connectivity index (χ1n) is 8.97. The molecule has 6 heteroatoms. The molecule has 1 aromatic heterocycles. The lowest BCUT2D eigenvalue weighted by atomic mass is 10.1. The summed E-state index contributed by atoms with van der Waals surface area (Å²) >= 11 is 0. The first-order valence-corrected chi connectivity index (χ1v) is 8.97. The number of methoxy groups -OCH3 is 1. The van der Waals surface area contributed by atoms with Crippen LogP contribution < -0.4 is 15.6 Å². The molecule has 0 unspecified atom stereocenters. The van der Waals surface area contributed by atoms with Gasteiger partial charge in [0.1, 0.15) is 11.6 Å². The molecule has 0 radical (unpaired) electrons. The normalized spacial score (nSPS) is 16.4. The molecule has 1 aliphatic heterocycles. The predicted molar refractivity (Wildman–Crippen MR) is 103 cm³/mol. The van der Waals surface area contributed by atoms with Crippen LogP contribution in [-0.4, -0.2) is 23.2 Å². The summed E-state index contributed by atoms with van der Waals surface area (Å²) in [5.74, 6) is 1.44. The van der Waals surface area contributed by atoms with Crippen LogP contribution in [0.5, 0.6) is 5.75 Å². The Kier molecular flexibility index (Phi) is 4.38. The molecule has 2 heterocycles. The maximum absolute atomic E-state index is 13.4. The van der Waals surface area contributed by atoms with Gasteiger partial charge >= 0.3 is 0 Å². The quantitative estimate of drug-likeness (QED) is 0.777. The number of benzene rings is 2. The molecule has 1 fully saturated rings. The van der Waals surface area contributed by atoms with Gasteiger partial charge < -0.3 is 10.1 Å². The molecule has 2 aromatic carbocycles. The fourth-order valence-corrected chi connectivity index (χ4v) is 3.66. The lowest BCUT2D eigenvalue weighted by Crippen LogP contribution is -2.29. The highest BCUT2D eigenvalue weighted by molar-refractivity contribution is 5.83. The number of aryl methyl sites for hydroxylation is 1. The van der Waals surface area contributed by atoms with Crippen LogP contribution in [0.4, 0.5) is 0 Å². The number of ether oxygens (including phenoxy) is 1. The lowest BCUT2D eigenvalue weighted by molar-refractivity contribution is 0.414. The van der Waals surface area contributed by atoms with Crippen molar-refractivity contribution in [3.8, 4) is 17.5 Å². The Bertz CT molecular complexity index is 1100. The van der Waals surface area contributed by atoms with Gasteiger partial charge in [-0.25, -0.2) is 4.98 Å². The second-order valence-electron chi connectivity index (χ2n) is 6.76. The van der Waals surface area contributed by atoms with Crippen molar-refractivity contribution < 1.29 is 4.74 Å². The van der Waals surface area contributed by atoms with Gasteiger partial charge in [-0.15, -0.1) is 0 Å². The van der Waals surface area contributed by atoms with E-state index in [0.29, 0.717) is 22.3 Å². The summed E-state index contributed by atoms with van der Waals surface area (Å²) in [6.45, 7) is 2.80. The highest BCUT2D eigenvalue weighted by Crippen LogP contribution is 2.26. The Morgan fingerprint density at radius 1 is 1.30 bits per heavy atom. The molecule has 6 nitrogen and oxygen atoms in total. The van der Waals surface area contributed by atoms with Gasteiger partial charge in [0.05, 0.1) is 41.4 Å². The smallest absolute Gasteiger partial charge is 0.266 e. The number of nitriles is 1. The van der Waals surface area contributed by atoms with E-state index in [0.717, 1.165) is 36.4 Å². The molecule has 0 aliphatic carbocycles. The number of rotatable bonds is 3. The lowest BCUT2D eigenvalue weighted by Gasteiger charge is -2.19. The summed E-state index contributed by atoms with van der Waals surface area (Å²) in [7, 11) is 1.61. The van der Waals surface area contributed by atoms with Crippen LogP contribution >= 0.6 is 0 Å². The Morgan fingerprint density at radius 3 is 2.70 bits per heavy atom. The summed E-state index contributed by atoms with van der Waals surface area (Å²) in [5, 5.41) is 13.2. The Morgan fingerprint density at radius 2 is 2.07 bits per heavy atom. The molecule has 0 bridgehead atoms. The van der Waals surface area contributed by atoms with Crippen molar-refractivity contribution in [1.82, 2.24) is 14.9 Å². The van der Waals surface area contributed by atoms with Crippen molar-refractivity contribution in [1.29, 1.82) is 5.26 Å². The van der Waals surface area contributed by atoms with Crippen molar-refractivity contribution in [3.05, 3.63) is 63.7 Å². The zero-order valence-electron chi connectivity index (χ0n) is 15.3. The van der Waals surface area contributed by atoms with Crippen molar-refractivity contribution in [2.45, 2.75) is 25.8 Å². The Balaban J connectivity index is 2.04. The Labute approximate surface area is 157 Å². The second-order valence-corrected chi connectivity index (χ2v) is 6.76. The van der Waals surface area contributed by atoms with E-state index in [9.17, 15) is 10.1 Å². The van der Waals surface area contributed by atoms with Crippen molar-refractivity contribution in [2.75, 3.05) is 13.7 Å². The average Bonchev–Trinajstić information content (AvgIpc) is 3.23. The standard InChI is InChI=1S/C21H20N4O2/c1-13-10-14(12-22)11-17-19(13)24-20(18-4-3-9-23-18)25(21(17)26)15-5-7-16(27-2)8-6-15/h5-8,10-11,18,23H,3-4,9H2,1-2H3/t18-/m1/s1. The molecule has 0 saturated carbocycles. The molecule has 3 aromatic rings. The summed E-state index contributed by atoms with van der Waals surface area (Å²) in [6, 6.07) is 12.9. The van der Waals surface area contributed by atoms with Gasteiger partial charge in [-0.05, 0) is 68.3 Å². The first-order chi connectivity index (χ1) is 13.1. The minimum absolute atomic E-state index is 0.0271. The van der Waals surface area contributed by atoms with E-state index in [1.165, 1.54) is 0 Å². The molecule has 4 rings (SSSR count). The fourth-order valence-electron chi connectivity index (χ4n) is 3.66. The maximum Gasteiger partial charge on any atom is 0.266 e. The third-order valence-electron chi connectivity index (χ3n) is 5.02. The van der Waals surface area contributed by atoms with Gasteiger partial charge in [0, 0.05) is 0 Å². The van der Waals surface area contributed by atoms with Gasteiger partial charge in [-0.3, -0.25) is 9.36 Å². The first kappa shape index (κ1) is 17.3. The summed E-state index contributed by atoms with van der Waals surface area (Å²) in [5.41, 5.74) is 2.54. The molecular weight excluding hydrogens is 340 g/mol. The Hall–Kier alpha value is -3.17. The fraction of sp³-hybridized carbons (Fsp3) is 0.286. The molecule has 136 valence electrons. The monoisotopic (exact) mass is 360 g/mol. The van der Waals surface area contributed by atoms with Crippen LogP contribution in [-0.2, 0) is 0 Å². The van der Waals surface area contributed by atoms with E-state index >= 15 is 0 Å². The molecule has 0 spiro atoms. The van der Waals surface area contributed by atoms with Crippen molar-refractivity contribution in [2.24, 2.45) is 0 Å². The molecule has 1 atom stereocenters. The van der Waals surface area contributed by atoms with Gasteiger partial charge in [-0.2, -0.15) is 5.26 Å². The third kappa shape index (κ3) is 2.96. The number of nitrogens with zero attached hydrogens (tertiary/aromatic N) is 3. The number of hydrogen-bond acceptors (Lipinski definition) is 5. The van der Waals surface area contributed by atoms with Crippen molar-refractivity contribution in [3.63, 3.8) is 0 Å². The second kappa shape index (κ2) is 6.86. The SMILES string of the molecule is COc1ccc(-n2c([C@H]3CCCN3)nc3c(C)cc(C#N)cc3c2=O)cc1. The highest BCUT2D eigenvalue weighted by Gasteiger charge is 2.24. The van der Waals surface area contributed by atoms with E-state index in [4.69, 9.17) is 9.72 Å². The molecule has 1 saturated heterocycles.